The molecule has 108 valence electrons. The molecule has 0 heterocycles. The molecule has 0 radical (unpaired) electrons. The highest BCUT2D eigenvalue weighted by Gasteiger charge is 2.28. The Morgan fingerprint density at radius 1 is 1.35 bits per heavy atom. The predicted octanol–water partition coefficient (Wildman–Crippen LogP) is 3.02. The van der Waals surface area contributed by atoms with Crippen molar-refractivity contribution in [2.24, 2.45) is 5.92 Å². The number of carbonyl (C=O) groups excluding carboxylic acids is 1. The fourth-order valence-electron chi connectivity index (χ4n) is 2.55. The van der Waals surface area contributed by atoms with Crippen molar-refractivity contribution >= 4 is 23.5 Å². The quantitative estimate of drug-likeness (QED) is 0.901. The second kappa shape index (κ2) is 6.27. The lowest BCUT2D eigenvalue weighted by Crippen LogP contribution is -2.39. The molecule has 0 bridgehead atoms. The van der Waals surface area contributed by atoms with E-state index in [4.69, 9.17) is 16.7 Å². The fraction of sp³-hybridized carbons (Fsp3) is 0.467. The minimum Gasteiger partial charge on any atom is -0.481 e. The summed E-state index contributed by atoms with van der Waals surface area (Å²) >= 11 is 6.01. The summed E-state index contributed by atoms with van der Waals surface area (Å²) in [5.41, 5.74) is 1.44. The van der Waals surface area contributed by atoms with Crippen LogP contribution < -0.4 is 5.32 Å². The van der Waals surface area contributed by atoms with Crippen molar-refractivity contribution in [2.75, 3.05) is 0 Å². The molecule has 1 fully saturated rings. The van der Waals surface area contributed by atoms with Gasteiger partial charge in [0.05, 0.1) is 5.92 Å². The smallest absolute Gasteiger partial charge is 0.306 e. The van der Waals surface area contributed by atoms with E-state index in [1.165, 1.54) is 0 Å². The lowest BCUT2D eigenvalue weighted by atomic mass is 9.85. The summed E-state index contributed by atoms with van der Waals surface area (Å²) in [4.78, 5) is 23.1. The number of amides is 1. The van der Waals surface area contributed by atoms with E-state index in [2.05, 4.69) is 5.32 Å². The number of hydrogen-bond donors (Lipinski definition) is 2. The van der Waals surface area contributed by atoms with Gasteiger partial charge in [-0.3, -0.25) is 9.59 Å². The van der Waals surface area contributed by atoms with Crippen LogP contribution in [0.4, 0.5) is 0 Å². The third-order valence-corrected chi connectivity index (χ3v) is 4.20. The van der Waals surface area contributed by atoms with Crippen molar-refractivity contribution in [1.29, 1.82) is 0 Å². The number of carbonyl (C=O) groups is 2. The van der Waals surface area contributed by atoms with Crippen LogP contribution in [0.3, 0.4) is 0 Å². The standard InChI is InChI=1S/C15H18ClNO3/c1-9-5-6-10(8-13(9)16)14(18)17-12-4-2-3-11(7-12)15(19)20/h5-6,8,11-12H,2-4,7H2,1H3,(H,17,18)(H,19,20). The van der Waals surface area contributed by atoms with Crippen molar-refractivity contribution in [3.05, 3.63) is 34.3 Å². The highest BCUT2D eigenvalue weighted by molar-refractivity contribution is 6.31. The van der Waals surface area contributed by atoms with Crippen LogP contribution in [0.5, 0.6) is 0 Å². The number of carboxylic acids is 1. The Morgan fingerprint density at radius 3 is 2.75 bits per heavy atom. The molecule has 2 unspecified atom stereocenters. The van der Waals surface area contributed by atoms with Crippen LogP contribution >= 0.6 is 11.6 Å². The number of halogens is 1. The summed E-state index contributed by atoms with van der Waals surface area (Å²) in [6.07, 6.45) is 2.85. The highest BCUT2D eigenvalue weighted by atomic mass is 35.5. The van der Waals surface area contributed by atoms with Crippen LogP contribution in [0, 0.1) is 12.8 Å². The van der Waals surface area contributed by atoms with E-state index in [9.17, 15) is 9.59 Å². The molecule has 0 spiro atoms. The molecule has 4 nitrogen and oxygen atoms in total. The Balaban J connectivity index is 2.00. The van der Waals surface area contributed by atoms with Gasteiger partial charge in [0.1, 0.15) is 0 Å². The van der Waals surface area contributed by atoms with Gasteiger partial charge < -0.3 is 10.4 Å². The number of aliphatic carboxylic acids is 1. The Kier molecular flexibility index (Phi) is 4.65. The zero-order chi connectivity index (χ0) is 14.7. The molecule has 0 aliphatic heterocycles. The Hall–Kier alpha value is -1.55. The van der Waals surface area contributed by atoms with Gasteiger partial charge in [-0.15, -0.1) is 0 Å². The first-order valence-corrected chi connectivity index (χ1v) is 7.15. The van der Waals surface area contributed by atoms with Gasteiger partial charge in [-0.25, -0.2) is 0 Å². The lowest BCUT2D eigenvalue weighted by molar-refractivity contribution is -0.143. The molecule has 0 aromatic heterocycles. The van der Waals surface area contributed by atoms with Crippen LogP contribution in [0.25, 0.3) is 0 Å². The molecule has 2 atom stereocenters. The van der Waals surface area contributed by atoms with E-state index >= 15 is 0 Å². The Labute approximate surface area is 123 Å². The molecule has 2 rings (SSSR count). The van der Waals surface area contributed by atoms with Gasteiger partial charge in [-0.2, -0.15) is 0 Å². The third-order valence-electron chi connectivity index (χ3n) is 3.79. The van der Waals surface area contributed by atoms with Crippen LogP contribution in [0.15, 0.2) is 18.2 Å². The van der Waals surface area contributed by atoms with Crippen molar-refractivity contribution in [3.8, 4) is 0 Å². The number of hydrogen-bond acceptors (Lipinski definition) is 2. The van der Waals surface area contributed by atoms with Gasteiger partial charge in [0, 0.05) is 16.6 Å². The van der Waals surface area contributed by atoms with Gasteiger partial charge in [0.2, 0.25) is 0 Å². The molecule has 1 saturated carbocycles. The molecule has 1 aromatic rings. The second-order valence-electron chi connectivity index (χ2n) is 5.34. The second-order valence-corrected chi connectivity index (χ2v) is 5.74. The molecular formula is C15H18ClNO3. The lowest BCUT2D eigenvalue weighted by Gasteiger charge is -2.27. The minimum absolute atomic E-state index is 0.0718. The summed E-state index contributed by atoms with van der Waals surface area (Å²) in [5, 5.41) is 12.5. The van der Waals surface area contributed by atoms with E-state index < -0.39 is 5.97 Å². The average Bonchev–Trinajstić information content (AvgIpc) is 2.42. The van der Waals surface area contributed by atoms with Crippen LogP contribution in [-0.2, 0) is 4.79 Å². The maximum atomic E-state index is 12.1. The molecule has 1 aliphatic rings. The fourth-order valence-corrected chi connectivity index (χ4v) is 2.73. The monoisotopic (exact) mass is 295 g/mol. The third kappa shape index (κ3) is 3.51. The summed E-state index contributed by atoms with van der Waals surface area (Å²) < 4.78 is 0. The Bertz CT molecular complexity index is 530. The molecular weight excluding hydrogens is 278 g/mol. The number of nitrogens with one attached hydrogen (secondary N) is 1. The maximum absolute atomic E-state index is 12.1. The first-order valence-electron chi connectivity index (χ1n) is 6.77. The molecule has 2 N–H and O–H groups in total. The molecule has 1 aromatic carbocycles. The van der Waals surface area contributed by atoms with Crippen molar-refractivity contribution in [2.45, 2.75) is 38.6 Å². The topological polar surface area (TPSA) is 66.4 Å². The zero-order valence-electron chi connectivity index (χ0n) is 11.4. The first kappa shape index (κ1) is 14.9. The summed E-state index contributed by atoms with van der Waals surface area (Å²) in [6, 6.07) is 5.10. The minimum atomic E-state index is -0.776. The molecule has 5 heteroatoms. The van der Waals surface area contributed by atoms with Crippen molar-refractivity contribution in [1.82, 2.24) is 5.32 Å². The van der Waals surface area contributed by atoms with Crippen molar-refractivity contribution < 1.29 is 14.7 Å². The number of rotatable bonds is 3. The summed E-state index contributed by atoms with van der Waals surface area (Å²) in [5.74, 6) is -1.32. The van der Waals surface area contributed by atoms with E-state index in [1.54, 1.807) is 18.2 Å². The average molecular weight is 296 g/mol. The first-order chi connectivity index (χ1) is 9.47. The largest absolute Gasteiger partial charge is 0.481 e. The number of carboxylic acid groups (broad SMARTS) is 1. The van der Waals surface area contributed by atoms with Crippen LogP contribution in [-0.4, -0.2) is 23.0 Å². The molecule has 1 aliphatic carbocycles. The van der Waals surface area contributed by atoms with Gasteiger partial charge >= 0.3 is 5.97 Å². The van der Waals surface area contributed by atoms with E-state index in [1.807, 2.05) is 6.92 Å². The number of aryl methyl sites for hydroxylation is 1. The van der Waals surface area contributed by atoms with Crippen molar-refractivity contribution in [3.63, 3.8) is 0 Å². The normalized spacial score (nSPS) is 22.3. The Morgan fingerprint density at radius 2 is 2.10 bits per heavy atom. The predicted molar refractivity (Wildman–Crippen MR) is 77.0 cm³/mol. The van der Waals surface area contributed by atoms with Gasteiger partial charge in [0.15, 0.2) is 0 Å². The summed E-state index contributed by atoms with van der Waals surface area (Å²) in [7, 11) is 0. The molecule has 20 heavy (non-hydrogen) atoms. The van der Waals surface area contributed by atoms with E-state index in [0.29, 0.717) is 23.4 Å². The van der Waals surface area contributed by atoms with Gasteiger partial charge in [-0.05, 0) is 43.9 Å². The van der Waals surface area contributed by atoms with Crippen LogP contribution in [0.2, 0.25) is 5.02 Å². The van der Waals surface area contributed by atoms with E-state index in [-0.39, 0.29) is 17.9 Å². The van der Waals surface area contributed by atoms with Gasteiger partial charge in [-0.1, -0.05) is 24.1 Å². The zero-order valence-corrected chi connectivity index (χ0v) is 12.1. The maximum Gasteiger partial charge on any atom is 0.306 e. The molecule has 1 amide bonds. The SMILES string of the molecule is Cc1ccc(C(=O)NC2CCCC(C(=O)O)C2)cc1Cl. The van der Waals surface area contributed by atoms with E-state index in [0.717, 1.165) is 18.4 Å². The van der Waals surface area contributed by atoms with Crippen LogP contribution in [0.1, 0.15) is 41.6 Å². The van der Waals surface area contributed by atoms with Gasteiger partial charge in [0.25, 0.3) is 5.91 Å². The molecule has 0 saturated heterocycles. The number of benzene rings is 1. The summed E-state index contributed by atoms with van der Waals surface area (Å²) in [6.45, 7) is 1.88. The highest BCUT2D eigenvalue weighted by Crippen LogP contribution is 2.25.